The molecule has 2 aliphatic rings. The number of halogens is 2. The molecule has 1 saturated heterocycles. The third-order valence-corrected chi connectivity index (χ3v) is 11.3. The first-order chi connectivity index (χ1) is 34.6. The van der Waals surface area contributed by atoms with Crippen LogP contribution in [0, 0.1) is 0 Å². The molecule has 72 heavy (non-hydrogen) atoms. The summed E-state index contributed by atoms with van der Waals surface area (Å²) in [4.78, 5) is 73.1. The summed E-state index contributed by atoms with van der Waals surface area (Å²) < 4.78 is 60.9. The van der Waals surface area contributed by atoms with Crippen LogP contribution in [0.4, 0.5) is 8.78 Å². The van der Waals surface area contributed by atoms with Gasteiger partial charge in [-0.25, -0.2) is 13.6 Å². The molecular weight excluding hydrogens is 961 g/mol. The van der Waals surface area contributed by atoms with Gasteiger partial charge in [0.2, 0.25) is 17.7 Å². The maximum absolute atomic E-state index is 12.9. The molecule has 1 aromatic heterocycles. The van der Waals surface area contributed by atoms with E-state index in [-0.39, 0.29) is 57.2 Å². The van der Waals surface area contributed by atoms with E-state index in [2.05, 4.69) is 26.3 Å². The highest BCUT2D eigenvalue weighted by molar-refractivity contribution is 6.13. The number of alkyl halides is 2. The Kier molecular flexibility index (Phi) is 26.2. The number of carbonyl (C=O) groups excluding carboxylic acids is 5. The molecule has 24 nitrogen and oxygen atoms in total. The van der Waals surface area contributed by atoms with Crippen LogP contribution in [0.3, 0.4) is 0 Å². The van der Waals surface area contributed by atoms with E-state index in [1.807, 2.05) is 0 Å². The molecule has 8 N–H and O–H groups in total. The number of aliphatic hydroxyl groups excluding tert-OH is 4. The molecule has 3 heterocycles. The second-order valence-electron chi connectivity index (χ2n) is 16.8. The SMILES string of the molecule is O=C(CCN1C(=O)C=CC1=O)NCCOCCOCCOCCOCc1cn(CCCCCCCCO[C@]2(C(=O)O)C[C@H](O)[C@@H](NC(=O)CO)[C@H]([C@H](O)[C@H](O)CNC(=O)Cc3ccc(C(F)F)cc3)O2)nn1. The van der Waals surface area contributed by atoms with Gasteiger partial charge in [-0.15, -0.1) is 5.10 Å². The van der Waals surface area contributed by atoms with E-state index in [1.54, 1.807) is 10.9 Å². The van der Waals surface area contributed by atoms with Crippen LogP contribution in [0.15, 0.2) is 42.6 Å². The van der Waals surface area contributed by atoms with Gasteiger partial charge in [-0.05, 0) is 18.4 Å². The summed E-state index contributed by atoms with van der Waals surface area (Å²) in [6.45, 7) is 1.91. The number of carboxylic acid groups (broad SMARTS) is 1. The van der Waals surface area contributed by atoms with E-state index < -0.39 is 91.8 Å². The molecule has 5 amide bonds. The molecule has 0 aliphatic carbocycles. The van der Waals surface area contributed by atoms with Crippen molar-refractivity contribution in [2.24, 2.45) is 0 Å². The Hall–Kier alpha value is -5.42. The Morgan fingerprint density at radius 1 is 0.806 bits per heavy atom. The van der Waals surface area contributed by atoms with Crippen LogP contribution < -0.4 is 16.0 Å². The fraction of sp³-hybridized carbons (Fsp3) is 0.652. The average Bonchev–Trinajstić information content (AvgIpc) is 3.95. The lowest BCUT2D eigenvalue weighted by Crippen LogP contribution is -2.68. The molecule has 0 radical (unpaired) electrons. The van der Waals surface area contributed by atoms with E-state index in [9.17, 15) is 63.1 Å². The second-order valence-corrected chi connectivity index (χ2v) is 16.8. The largest absolute Gasteiger partial charge is 0.477 e. The van der Waals surface area contributed by atoms with Gasteiger partial charge in [0, 0.05) is 56.7 Å². The Balaban J connectivity index is 1.02. The molecule has 2 aromatic rings. The topological polar surface area (TPSA) is 329 Å². The Labute approximate surface area is 414 Å². The second kappa shape index (κ2) is 31.9. The zero-order valence-corrected chi connectivity index (χ0v) is 39.9. The van der Waals surface area contributed by atoms with Crippen molar-refractivity contribution >= 4 is 35.5 Å². The van der Waals surface area contributed by atoms with E-state index in [1.165, 1.54) is 36.4 Å². The maximum atomic E-state index is 12.9. The molecule has 0 bridgehead atoms. The number of imide groups is 1. The molecular formula is C46H67F2N7O17. The third-order valence-electron chi connectivity index (χ3n) is 11.3. The molecule has 4 rings (SSSR count). The summed E-state index contributed by atoms with van der Waals surface area (Å²) in [5.74, 6) is -6.88. The van der Waals surface area contributed by atoms with Crippen molar-refractivity contribution < 1.29 is 91.5 Å². The minimum absolute atomic E-state index is 0.0153. The zero-order chi connectivity index (χ0) is 52.3. The van der Waals surface area contributed by atoms with Gasteiger partial charge in [0.05, 0.1) is 90.3 Å². The molecule has 402 valence electrons. The summed E-state index contributed by atoms with van der Waals surface area (Å²) >= 11 is 0. The number of rotatable bonds is 37. The van der Waals surface area contributed by atoms with E-state index in [0.29, 0.717) is 70.3 Å². The smallest absolute Gasteiger partial charge is 0.364 e. The number of aliphatic hydroxyl groups is 4. The molecule has 0 unspecified atom stereocenters. The van der Waals surface area contributed by atoms with Crippen molar-refractivity contribution in [2.75, 3.05) is 79.1 Å². The number of nitrogens with one attached hydrogen (secondary N) is 3. The van der Waals surface area contributed by atoms with Crippen molar-refractivity contribution in [3.8, 4) is 0 Å². The quantitative estimate of drug-likeness (QED) is 0.0299. The van der Waals surface area contributed by atoms with Gasteiger partial charge < -0.3 is 69.9 Å². The lowest BCUT2D eigenvalue weighted by Gasteiger charge is -2.46. The number of benzene rings is 1. The van der Waals surface area contributed by atoms with Gasteiger partial charge >= 0.3 is 5.97 Å². The molecule has 1 fully saturated rings. The Bertz CT molecular complexity index is 2010. The monoisotopic (exact) mass is 1030 g/mol. The van der Waals surface area contributed by atoms with Crippen LogP contribution >= 0.6 is 0 Å². The number of amides is 5. The molecule has 1 aromatic carbocycles. The number of ether oxygens (including phenoxy) is 6. The predicted octanol–water partition coefficient (Wildman–Crippen LogP) is -0.941. The highest BCUT2D eigenvalue weighted by Gasteiger charge is 2.55. The maximum Gasteiger partial charge on any atom is 0.364 e. The molecule has 0 spiro atoms. The highest BCUT2D eigenvalue weighted by Crippen LogP contribution is 2.34. The van der Waals surface area contributed by atoms with Crippen molar-refractivity contribution in [1.82, 2.24) is 35.8 Å². The lowest BCUT2D eigenvalue weighted by molar-refractivity contribution is -0.310. The summed E-state index contributed by atoms with van der Waals surface area (Å²) in [6, 6.07) is 3.53. The predicted molar refractivity (Wildman–Crippen MR) is 244 cm³/mol. The summed E-state index contributed by atoms with van der Waals surface area (Å²) in [5.41, 5.74) is 0.842. The zero-order valence-electron chi connectivity index (χ0n) is 39.9. The van der Waals surface area contributed by atoms with E-state index in [0.717, 1.165) is 30.6 Å². The van der Waals surface area contributed by atoms with E-state index in [4.69, 9.17) is 28.4 Å². The Morgan fingerprint density at radius 2 is 1.43 bits per heavy atom. The standard InChI is InChI=1S/C46H67F2N7O17/c47-44(48)32-9-7-31(8-10-32)25-37(60)50-27-35(58)42(64)43-41(51-38(61)29-56)34(57)26-46(72-43,45(65)66)71-17-6-4-2-1-3-5-15-54-28-33(52-53-54)30-70-24-23-69-22-21-68-20-19-67-18-14-49-36(59)13-16-55-39(62)11-12-40(55)63/h7-12,28,34-35,41-44,56-58,64H,1-6,13-27,29-30H2,(H,49,59)(H,50,60)(H,51,61)(H,65,66)/t34-,35+,41+,42+,43+,46+/m0/s1. The number of hydrogen-bond donors (Lipinski definition) is 8. The molecule has 6 atom stereocenters. The Morgan fingerprint density at radius 3 is 2.07 bits per heavy atom. The van der Waals surface area contributed by atoms with Crippen LogP contribution in [0.25, 0.3) is 0 Å². The summed E-state index contributed by atoms with van der Waals surface area (Å²) in [5, 5.41) is 68.1. The fourth-order valence-electron chi connectivity index (χ4n) is 7.42. The van der Waals surface area contributed by atoms with Gasteiger partial charge in [-0.3, -0.25) is 33.6 Å². The normalized spacial score (nSPS) is 19.7. The van der Waals surface area contributed by atoms with Gasteiger partial charge in [-0.2, -0.15) is 0 Å². The minimum atomic E-state index is -2.68. The van der Waals surface area contributed by atoms with Crippen LogP contribution in [0.1, 0.15) is 74.6 Å². The van der Waals surface area contributed by atoms with Crippen molar-refractivity contribution in [2.45, 2.75) is 114 Å². The molecule has 0 saturated carbocycles. The number of aliphatic carboxylic acids is 1. The number of unbranched alkanes of at least 4 members (excludes halogenated alkanes) is 5. The first-order valence-corrected chi connectivity index (χ1v) is 23.8. The van der Waals surface area contributed by atoms with Crippen molar-refractivity contribution in [1.29, 1.82) is 0 Å². The first-order valence-electron chi connectivity index (χ1n) is 23.8. The lowest BCUT2D eigenvalue weighted by atomic mass is 9.88. The van der Waals surface area contributed by atoms with Crippen molar-refractivity contribution in [3.05, 3.63) is 59.4 Å². The fourth-order valence-corrected chi connectivity index (χ4v) is 7.42. The summed E-state index contributed by atoms with van der Waals surface area (Å²) in [7, 11) is 0. The first kappa shape index (κ1) is 59.1. The van der Waals surface area contributed by atoms with Gasteiger partial charge in [0.1, 0.15) is 24.5 Å². The van der Waals surface area contributed by atoms with Crippen LogP contribution in [0.5, 0.6) is 0 Å². The third kappa shape index (κ3) is 20.6. The van der Waals surface area contributed by atoms with E-state index >= 15 is 0 Å². The molecule has 2 aliphatic heterocycles. The van der Waals surface area contributed by atoms with Crippen LogP contribution in [-0.2, 0) is 76.8 Å². The van der Waals surface area contributed by atoms with Crippen LogP contribution in [0.2, 0.25) is 0 Å². The average molecular weight is 1030 g/mol. The number of nitrogens with zero attached hydrogens (tertiary/aromatic N) is 4. The number of carbonyl (C=O) groups is 6. The number of carboxylic acids is 1. The molecule has 26 heteroatoms. The van der Waals surface area contributed by atoms with Gasteiger partial charge in [0.25, 0.3) is 24.0 Å². The van der Waals surface area contributed by atoms with Crippen LogP contribution in [-0.4, -0.2) is 196 Å². The van der Waals surface area contributed by atoms with Gasteiger partial charge in [-0.1, -0.05) is 55.2 Å². The highest BCUT2D eigenvalue weighted by atomic mass is 19.3. The van der Waals surface area contributed by atoms with Gasteiger partial charge in [0.15, 0.2) is 0 Å². The number of aryl methyl sites for hydroxylation is 1. The number of aromatic nitrogens is 3. The van der Waals surface area contributed by atoms with Crippen molar-refractivity contribution in [3.63, 3.8) is 0 Å². The minimum Gasteiger partial charge on any atom is -0.477 e. The summed E-state index contributed by atoms with van der Waals surface area (Å²) in [6.07, 6.45) is -2.29. The number of hydrogen-bond acceptors (Lipinski definition) is 18.